The lowest BCUT2D eigenvalue weighted by molar-refractivity contribution is 0.132. The van der Waals surface area contributed by atoms with Crippen molar-refractivity contribution < 1.29 is 13.3 Å². The molecule has 0 spiro atoms. The van der Waals surface area contributed by atoms with Gasteiger partial charge in [0.1, 0.15) is 0 Å². The molecule has 0 radical (unpaired) electrons. The Morgan fingerprint density at radius 2 is 1.57 bits per heavy atom. The Kier molecular flexibility index (Phi) is 8.35. The molecule has 1 aliphatic heterocycles. The zero-order valence-corrected chi connectivity index (χ0v) is 10.7. The summed E-state index contributed by atoms with van der Waals surface area (Å²) in [4.78, 5) is 2.25. The Bertz CT molecular complexity index is 121. The zero-order valence-electron chi connectivity index (χ0n) is 9.53. The number of hydrogen-bond donors (Lipinski definition) is 1. The first-order valence-corrected chi connectivity index (χ1v) is 6.15. The lowest BCUT2D eigenvalue weighted by atomic mass is 10.2. The van der Waals surface area contributed by atoms with Gasteiger partial charge in [-0.25, -0.2) is 0 Å². The third-order valence-corrected chi connectivity index (χ3v) is 3.20. The summed E-state index contributed by atoms with van der Waals surface area (Å²) in [7, 11) is 3.05. The fraction of sp³-hybridized carbons (Fsp3) is 1.00. The van der Waals surface area contributed by atoms with Crippen LogP contribution in [0.15, 0.2) is 0 Å². The van der Waals surface area contributed by atoms with E-state index in [1.807, 2.05) is 6.92 Å². The smallest absolute Gasteiger partial charge is 0.379 e. The van der Waals surface area contributed by atoms with Crippen LogP contribution in [-0.2, 0) is 13.3 Å². The van der Waals surface area contributed by atoms with Crippen molar-refractivity contribution in [2.75, 3.05) is 34.4 Å². The molecule has 2 N–H and O–H groups in total. The van der Waals surface area contributed by atoms with E-state index in [1.165, 1.54) is 19.5 Å². The van der Waals surface area contributed by atoms with Crippen molar-refractivity contribution in [2.45, 2.75) is 19.5 Å². The molecule has 1 unspecified atom stereocenters. The molecule has 0 aromatic carbocycles. The predicted molar refractivity (Wildman–Crippen MR) is 58.0 cm³/mol. The van der Waals surface area contributed by atoms with Gasteiger partial charge < -0.3 is 19.0 Å². The summed E-state index contributed by atoms with van der Waals surface area (Å²) in [6.45, 7) is 4.44. The largest absolute Gasteiger partial charge is 0.483 e. The highest BCUT2D eigenvalue weighted by Gasteiger charge is 2.15. The van der Waals surface area contributed by atoms with Gasteiger partial charge in [0.2, 0.25) is 0 Å². The quantitative estimate of drug-likeness (QED) is 0.658. The number of hydrogen-bond acceptors (Lipinski definition) is 5. The van der Waals surface area contributed by atoms with E-state index >= 15 is 0 Å². The van der Waals surface area contributed by atoms with E-state index in [2.05, 4.69) is 4.90 Å². The summed E-state index contributed by atoms with van der Waals surface area (Å²) < 4.78 is 14.2. The van der Waals surface area contributed by atoms with E-state index in [1.54, 1.807) is 21.3 Å². The second kappa shape index (κ2) is 8.34. The van der Waals surface area contributed by atoms with Crippen molar-refractivity contribution in [3.8, 4) is 0 Å². The van der Waals surface area contributed by atoms with Gasteiger partial charge >= 0.3 is 9.53 Å². The molecule has 5 nitrogen and oxygen atoms in total. The van der Waals surface area contributed by atoms with Gasteiger partial charge in [0.05, 0.1) is 6.17 Å². The Hall–Kier alpha value is 0.0169. The summed E-state index contributed by atoms with van der Waals surface area (Å²) >= 11 is 0. The van der Waals surface area contributed by atoms with Gasteiger partial charge in [-0.3, -0.25) is 4.90 Å². The molecular formula is C8H22N2O3Si. The number of likely N-dealkylation sites (tertiary alicyclic amines) is 1. The summed E-state index contributed by atoms with van der Waals surface area (Å²) in [5.74, 6) is 0. The van der Waals surface area contributed by atoms with Gasteiger partial charge in [-0.15, -0.1) is 0 Å². The van der Waals surface area contributed by atoms with Crippen molar-refractivity contribution in [1.82, 2.24) is 4.90 Å². The molecule has 0 bridgehead atoms. The van der Waals surface area contributed by atoms with Gasteiger partial charge in [-0.2, -0.15) is 0 Å². The minimum Gasteiger partial charge on any atom is -0.379 e. The molecular weight excluding hydrogens is 200 g/mol. The predicted octanol–water partition coefficient (Wildman–Crippen LogP) is -0.360. The highest BCUT2D eigenvalue weighted by molar-refractivity contribution is 6.36. The summed E-state index contributed by atoms with van der Waals surface area (Å²) in [6, 6.07) is 0. The number of nitrogens with two attached hydrogens (primary N) is 1. The van der Waals surface area contributed by atoms with E-state index in [4.69, 9.17) is 19.0 Å². The Morgan fingerprint density at radius 1 is 1.14 bits per heavy atom. The third-order valence-electron chi connectivity index (χ3n) is 2.04. The number of rotatable bonds is 4. The van der Waals surface area contributed by atoms with Crippen molar-refractivity contribution in [2.24, 2.45) is 5.73 Å². The summed E-state index contributed by atoms with van der Waals surface area (Å²) in [5, 5.41) is 0. The van der Waals surface area contributed by atoms with Crippen LogP contribution in [-0.4, -0.2) is 55.0 Å². The molecule has 0 aromatic heterocycles. The highest BCUT2D eigenvalue weighted by Crippen LogP contribution is 2.05. The van der Waals surface area contributed by atoms with E-state index in [0.29, 0.717) is 0 Å². The first-order chi connectivity index (χ1) is 6.65. The maximum Gasteiger partial charge on any atom is 0.483 e. The molecule has 0 amide bonds. The molecule has 1 atom stereocenters. The average molecular weight is 222 g/mol. The van der Waals surface area contributed by atoms with Gasteiger partial charge in [-0.1, -0.05) is 0 Å². The SMILES string of the molecule is CC(N)N1CCC1.CO[SiH](OC)OC. The minimum absolute atomic E-state index is 0.286. The second-order valence-electron chi connectivity index (χ2n) is 3.13. The van der Waals surface area contributed by atoms with Crippen LogP contribution in [0.2, 0.25) is 0 Å². The fourth-order valence-electron chi connectivity index (χ4n) is 1.04. The van der Waals surface area contributed by atoms with Crippen molar-refractivity contribution in [1.29, 1.82) is 0 Å². The van der Waals surface area contributed by atoms with Crippen LogP contribution in [0.25, 0.3) is 0 Å². The molecule has 86 valence electrons. The van der Waals surface area contributed by atoms with Crippen molar-refractivity contribution in [3.05, 3.63) is 0 Å². The Labute approximate surface area is 88.1 Å². The first kappa shape index (κ1) is 14.0. The van der Waals surface area contributed by atoms with E-state index in [0.717, 1.165) is 0 Å². The third kappa shape index (κ3) is 5.69. The van der Waals surface area contributed by atoms with Crippen molar-refractivity contribution in [3.63, 3.8) is 0 Å². The molecule has 0 saturated carbocycles. The van der Waals surface area contributed by atoms with Crippen LogP contribution in [0.3, 0.4) is 0 Å². The van der Waals surface area contributed by atoms with Crippen LogP contribution < -0.4 is 5.73 Å². The second-order valence-corrected chi connectivity index (χ2v) is 5.12. The lowest BCUT2D eigenvalue weighted by Crippen LogP contribution is -2.47. The Balaban J connectivity index is 0.000000241. The van der Waals surface area contributed by atoms with Crippen molar-refractivity contribution >= 4 is 9.53 Å². The van der Waals surface area contributed by atoms with Gasteiger partial charge in [0, 0.05) is 34.4 Å². The maximum absolute atomic E-state index is 5.52. The molecule has 0 aromatic rings. The van der Waals surface area contributed by atoms with Gasteiger partial charge in [-0.05, 0) is 13.3 Å². The molecule has 1 rings (SSSR count). The maximum atomic E-state index is 5.52. The number of nitrogens with zero attached hydrogens (tertiary/aromatic N) is 1. The summed E-state index contributed by atoms with van der Waals surface area (Å²) in [6.07, 6.45) is 1.62. The van der Waals surface area contributed by atoms with Crippen LogP contribution in [0.4, 0.5) is 0 Å². The monoisotopic (exact) mass is 222 g/mol. The van der Waals surface area contributed by atoms with Gasteiger partial charge in [0.25, 0.3) is 0 Å². The van der Waals surface area contributed by atoms with E-state index in [9.17, 15) is 0 Å². The highest BCUT2D eigenvalue weighted by atomic mass is 28.3. The lowest BCUT2D eigenvalue weighted by Gasteiger charge is -2.33. The van der Waals surface area contributed by atoms with Crippen LogP contribution in [0.5, 0.6) is 0 Å². The average Bonchev–Trinajstić information content (AvgIpc) is 2.04. The van der Waals surface area contributed by atoms with E-state index in [-0.39, 0.29) is 6.17 Å². The molecule has 1 fully saturated rings. The van der Waals surface area contributed by atoms with Crippen LogP contribution in [0, 0.1) is 0 Å². The topological polar surface area (TPSA) is 57.0 Å². The summed E-state index contributed by atoms with van der Waals surface area (Å²) in [5.41, 5.74) is 5.52. The minimum atomic E-state index is -1.67. The Morgan fingerprint density at radius 3 is 1.57 bits per heavy atom. The normalized spacial score (nSPS) is 18.4. The van der Waals surface area contributed by atoms with Gasteiger partial charge in [0.15, 0.2) is 0 Å². The molecule has 1 heterocycles. The fourth-order valence-corrected chi connectivity index (χ4v) is 1.61. The van der Waals surface area contributed by atoms with E-state index < -0.39 is 9.53 Å². The zero-order chi connectivity index (χ0) is 11.0. The van der Waals surface area contributed by atoms with Crippen LogP contribution in [0.1, 0.15) is 13.3 Å². The standard InChI is InChI=1S/C5H12N2.C3H10O3Si/c1-5(6)7-3-2-4-7;1-4-7(5-2)6-3/h5H,2-4,6H2,1H3;7H,1-3H3. The molecule has 1 aliphatic rings. The molecule has 0 aliphatic carbocycles. The van der Waals surface area contributed by atoms with Crippen LogP contribution >= 0.6 is 0 Å². The molecule has 14 heavy (non-hydrogen) atoms. The first-order valence-electron chi connectivity index (χ1n) is 4.73. The molecule has 6 heteroatoms. The molecule has 1 saturated heterocycles.